The molecule has 0 aromatic rings. The van der Waals surface area contributed by atoms with Crippen LogP contribution < -0.4 is 5.32 Å². The molecule has 1 amide bonds. The van der Waals surface area contributed by atoms with Gasteiger partial charge in [-0.25, -0.2) is 0 Å². The van der Waals surface area contributed by atoms with Crippen molar-refractivity contribution in [2.45, 2.75) is 39.2 Å². The van der Waals surface area contributed by atoms with Gasteiger partial charge in [-0.15, -0.1) is 0 Å². The highest BCUT2D eigenvalue weighted by atomic mass is 16.5. The molecule has 0 radical (unpaired) electrons. The van der Waals surface area contributed by atoms with Gasteiger partial charge in [-0.2, -0.15) is 0 Å². The lowest BCUT2D eigenvalue weighted by Crippen LogP contribution is -2.44. The second-order valence-electron chi connectivity index (χ2n) is 6.14. The summed E-state index contributed by atoms with van der Waals surface area (Å²) in [5.74, 6) is 0.110. The van der Waals surface area contributed by atoms with Crippen molar-refractivity contribution in [3.63, 3.8) is 0 Å². The second kappa shape index (κ2) is 5.49. The third-order valence-electron chi connectivity index (χ3n) is 4.44. The van der Waals surface area contributed by atoms with Crippen LogP contribution >= 0.6 is 0 Å². The van der Waals surface area contributed by atoms with Crippen molar-refractivity contribution < 1.29 is 14.3 Å². The zero-order valence-electron chi connectivity index (χ0n) is 12.1. The number of likely N-dealkylation sites (tertiary alicyclic amines) is 1. The fraction of sp³-hybridized carbons (Fsp3) is 0.857. The van der Waals surface area contributed by atoms with Crippen LogP contribution in [0.5, 0.6) is 0 Å². The molecule has 0 aromatic heterocycles. The van der Waals surface area contributed by atoms with Crippen molar-refractivity contribution in [1.82, 2.24) is 10.2 Å². The van der Waals surface area contributed by atoms with Crippen LogP contribution in [0.1, 0.15) is 33.1 Å². The van der Waals surface area contributed by atoms with Crippen molar-refractivity contribution in [3.8, 4) is 0 Å². The molecule has 2 aliphatic rings. The van der Waals surface area contributed by atoms with E-state index in [4.69, 9.17) is 4.74 Å². The van der Waals surface area contributed by atoms with E-state index in [1.54, 1.807) is 0 Å². The number of methoxy groups -OCH3 is 1. The summed E-state index contributed by atoms with van der Waals surface area (Å²) in [7, 11) is 1.41. The standard InChI is InChI=1S/C14H24N2O3/c1-10-8-11(4-6-15-10)12(17)16-7-5-14(2,9-16)13(18)19-3/h10-11,15H,4-9H2,1-3H3/t10-,11-,14?/m0/s1. The highest BCUT2D eigenvalue weighted by molar-refractivity contribution is 5.82. The van der Waals surface area contributed by atoms with Gasteiger partial charge in [0.05, 0.1) is 12.5 Å². The number of esters is 1. The average Bonchev–Trinajstić information content (AvgIpc) is 2.81. The maximum Gasteiger partial charge on any atom is 0.313 e. The van der Waals surface area contributed by atoms with Crippen LogP contribution in [-0.4, -0.2) is 49.6 Å². The Labute approximate surface area is 114 Å². The Morgan fingerprint density at radius 1 is 1.42 bits per heavy atom. The fourth-order valence-corrected chi connectivity index (χ4v) is 3.18. The van der Waals surface area contributed by atoms with E-state index >= 15 is 0 Å². The van der Waals surface area contributed by atoms with Crippen molar-refractivity contribution >= 4 is 11.9 Å². The van der Waals surface area contributed by atoms with Gasteiger partial charge >= 0.3 is 5.97 Å². The molecule has 2 aliphatic heterocycles. The van der Waals surface area contributed by atoms with E-state index in [1.165, 1.54) is 7.11 Å². The number of nitrogens with zero attached hydrogens (tertiary/aromatic N) is 1. The Hall–Kier alpha value is -1.10. The summed E-state index contributed by atoms with van der Waals surface area (Å²) in [6, 6.07) is 0.400. The molecule has 0 saturated carbocycles. The first-order valence-corrected chi connectivity index (χ1v) is 7.07. The number of ether oxygens (including phenoxy) is 1. The van der Waals surface area contributed by atoms with E-state index in [0.717, 1.165) is 19.4 Å². The molecule has 1 unspecified atom stereocenters. The molecule has 108 valence electrons. The maximum atomic E-state index is 12.5. The van der Waals surface area contributed by atoms with Crippen LogP contribution in [0.15, 0.2) is 0 Å². The van der Waals surface area contributed by atoms with Crippen molar-refractivity contribution in [2.24, 2.45) is 11.3 Å². The second-order valence-corrected chi connectivity index (χ2v) is 6.14. The first-order valence-electron chi connectivity index (χ1n) is 7.07. The Bertz CT molecular complexity index is 372. The summed E-state index contributed by atoms with van der Waals surface area (Å²) < 4.78 is 4.84. The number of amides is 1. The number of carbonyl (C=O) groups is 2. The topological polar surface area (TPSA) is 58.6 Å². The highest BCUT2D eigenvalue weighted by Gasteiger charge is 2.44. The third-order valence-corrected chi connectivity index (χ3v) is 4.44. The van der Waals surface area contributed by atoms with Crippen LogP contribution in [0.4, 0.5) is 0 Å². The minimum atomic E-state index is -0.525. The van der Waals surface area contributed by atoms with Gasteiger partial charge in [0.2, 0.25) is 5.91 Å². The van der Waals surface area contributed by atoms with E-state index < -0.39 is 5.41 Å². The lowest BCUT2D eigenvalue weighted by Gasteiger charge is -2.31. The van der Waals surface area contributed by atoms with Crippen LogP contribution in [-0.2, 0) is 14.3 Å². The van der Waals surface area contributed by atoms with E-state index in [9.17, 15) is 9.59 Å². The monoisotopic (exact) mass is 268 g/mol. The van der Waals surface area contributed by atoms with Gasteiger partial charge in [0, 0.05) is 25.0 Å². The van der Waals surface area contributed by atoms with Gasteiger partial charge < -0.3 is 15.0 Å². The molecule has 0 aromatic carbocycles. The molecule has 5 heteroatoms. The van der Waals surface area contributed by atoms with Gasteiger partial charge in [0.1, 0.15) is 0 Å². The molecule has 2 fully saturated rings. The molecular weight excluding hydrogens is 244 g/mol. The van der Waals surface area contributed by atoms with Gasteiger partial charge in [-0.3, -0.25) is 9.59 Å². The van der Waals surface area contributed by atoms with Crippen LogP contribution in [0.2, 0.25) is 0 Å². The summed E-state index contributed by atoms with van der Waals surface area (Å²) in [5.41, 5.74) is -0.525. The van der Waals surface area contributed by atoms with Gasteiger partial charge in [-0.1, -0.05) is 0 Å². The molecule has 0 spiro atoms. The summed E-state index contributed by atoms with van der Waals surface area (Å²) >= 11 is 0. The number of rotatable bonds is 2. The first-order chi connectivity index (χ1) is 8.96. The van der Waals surface area contributed by atoms with E-state index in [1.807, 2.05) is 11.8 Å². The van der Waals surface area contributed by atoms with Crippen LogP contribution in [0.3, 0.4) is 0 Å². The number of piperidine rings is 1. The minimum Gasteiger partial charge on any atom is -0.469 e. The van der Waals surface area contributed by atoms with Crippen LogP contribution in [0.25, 0.3) is 0 Å². The van der Waals surface area contributed by atoms with Crippen molar-refractivity contribution in [2.75, 3.05) is 26.7 Å². The predicted molar refractivity (Wildman–Crippen MR) is 71.5 cm³/mol. The lowest BCUT2D eigenvalue weighted by molar-refractivity contribution is -0.151. The molecule has 1 N–H and O–H groups in total. The summed E-state index contributed by atoms with van der Waals surface area (Å²) in [6.07, 6.45) is 2.49. The number of hydrogen-bond donors (Lipinski definition) is 1. The highest BCUT2D eigenvalue weighted by Crippen LogP contribution is 2.33. The molecule has 19 heavy (non-hydrogen) atoms. The molecule has 0 bridgehead atoms. The van der Waals surface area contributed by atoms with Crippen molar-refractivity contribution in [3.05, 3.63) is 0 Å². The number of hydrogen-bond acceptors (Lipinski definition) is 4. The lowest BCUT2D eigenvalue weighted by atomic mass is 9.89. The van der Waals surface area contributed by atoms with E-state index in [-0.39, 0.29) is 17.8 Å². The fourth-order valence-electron chi connectivity index (χ4n) is 3.18. The molecular formula is C14H24N2O3. The summed E-state index contributed by atoms with van der Waals surface area (Å²) in [5, 5.41) is 3.36. The predicted octanol–water partition coefficient (Wildman–Crippen LogP) is 0.786. The Kier molecular flexibility index (Phi) is 4.13. The quantitative estimate of drug-likeness (QED) is 0.752. The molecule has 3 atom stereocenters. The molecule has 2 heterocycles. The minimum absolute atomic E-state index is 0.108. The maximum absolute atomic E-state index is 12.5. The first kappa shape index (κ1) is 14.3. The third kappa shape index (κ3) is 2.91. The molecule has 2 rings (SSSR count). The number of nitrogens with one attached hydrogen (secondary N) is 1. The Balaban J connectivity index is 1.96. The van der Waals surface area contributed by atoms with Gasteiger partial charge in [0.15, 0.2) is 0 Å². The largest absolute Gasteiger partial charge is 0.469 e. The zero-order valence-corrected chi connectivity index (χ0v) is 12.1. The normalized spacial score (nSPS) is 35.2. The Morgan fingerprint density at radius 3 is 2.79 bits per heavy atom. The zero-order chi connectivity index (χ0) is 14.0. The van der Waals surface area contributed by atoms with E-state index in [2.05, 4.69) is 12.2 Å². The molecule has 2 saturated heterocycles. The Morgan fingerprint density at radius 2 is 2.16 bits per heavy atom. The molecule has 5 nitrogen and oxygen atoms in total. The van der Waals surface area contributed by atoms with Gasteiger partial charge in [0.25, 0.3) is 0 Å². The van der Waals surface area contributed by atoms with Crippen molar-refractivity contribution in [1.29, 1.82) is 0 Å². The molecule has 0 aliphatic carbocycles. The summed E-state index contributed by atoms with van der Waals surface area (Å²) in [4.78, 5) is 26.1. The average molecular weight is 268 g/mol. The smallest absolute Gasteiger partial charge is 0.313 e. The number of carbonyl (C=O) groups excluding carboxylic acids is 2. The summed E-state index contributed by atoms with van der Waals surface area (Å²) in [6.45, 7) is 6.07. The SMILES string of the molecule is COC(=O)C1(C)CCN(C(=O)[C@H]2CCN[C@@H](C)C2)C1. The van der Waals surface area contributed by atoms with E-state index in [0.29, 0.717) is 25.6 Å². The van der Waals surface area contributed by atoms with Gasteiger partial charge in [-0.05, 0) is 39.7 Å². The van der Waals surface area contributed by atoms with Crippen LogP contribution in [0, 0.1) is 11.3 Å².